The largest absolute Gasteiger partial charge is 0.507 e. The number of Topliss-reactive ketones (excluding diaryl/α,β-unsaturated/α-hetero) is 1. The van der Waals surface area contributed by atoms with E-state index in [0.29, 0.717) is 16.8 Å². The average Bonchev–Trinajstić information content (AvgIpc) is 3.17. The van der Waals surface area contributed by atoms with Crippen LogP contribution in [-0.4, -0.2) is 37.0 Å². The number of nitrogens with zero attached hydrogens (tertiary/aromatic N) is 1. The molecule has 3 aromatic carbocycles. The number of hydrogen-bond acceptors (Lipinski definition) is 6. The number of ketones is 1. The molecule has 37 heavy (non-hydrogen) atoms. The van der Waals surface area contributed by atoms with Crippen LogP contribution in [0.5, 0.6) is 5.75 Å². The lowest BCUT2D eigenvalue weighted by molar-refractivity contribution is -0.132. The fourth-order valence-corrected chi connectivity index (χ4v) is 4.83. The van der Waals surface area contributed by atoms with Crippen LogP contribution in [-0.2, 0) is 20.7 Å². The highest BCUT2D eigenvalue weighted by Gasteiger charge is 2.47. The van der Waals surface area contributed by atoms with Gasteiger partial charge >= 0.3 is 5.97 Å². The molecule has 190 valence electrons. The number of aliphatic hydroxyl groups is 1. The summed E-state index contributed by atoms with van der Waals surface area (Å²) < 4.78 is 10.2. The molecule has 8 heteroatoms. The summed E-state index contributed by atoms with van der Waals surface area (Å²) in [5.74, 6) is -2.38. The molecular formula is C29H26ClNO6. The second-order valence-electron chi connectivity index (χ2n) is 8.63. The first-order valence-electron chi connectivity index (χ1n) is 11.6. The van der Waals surface area contributed by atoms with Crippen LogP contribution in [0, 0.1) is 6.92 Å². The maximum absolute atomic E-state index is 13.4. The Labute approximate surface area is 219 Å². The Morgan fingerprint density at radius 3 is 2.24 bits per heavy atom. The number of aliphatic hydroxyl groups excluding tert-OH is 1. The second-order valence-corrected chi connectivity index (χ2v) is 9.04. The van der Waals surface area contributed by atoms with Crippen LogP contribution >= 0.6 is 11.6 Å². The van der Waals surface area contributed by atoms with E-state index >= 15 is 0 Å². The monoisotopic (exact) mass is 519 g/mol. The molecule has 1 atom stereocenters. The molecular weight excluding hydrogens is 494 g/mol. The molecule has 3 aromatic rings. The third-order valence-corrected chi connectivity index (χ3v) is 6.64. The fraction of sp³-hybridized carbons (Fsp3) is 0.207. The lowest BCUT2D eigenvalue weighted by Gasteiger charge is -2.26. The number of hydrogen-bond donors (Lipinski definition) is 1. The summed E-state index contributed by atoms with van der Waals surface area (Å²) in [5.41, 5.74) is 3.25. The van der Waals surface area contributed by atoms with Crippen molar-refractivity contribution < 1.29 is 29.0 Å². The van der Waals surface area contributed by atoms with Crippen molar-refractivity contribution in [1.82, 2.24) is 0 Å². The summed E-state index contributed by atoms with van der Waals surface area (Å²) in [6, 6.07) is 16.1. The molecule has 7 nitrogen and oxygen atoms in total. The van der Waals surface area contributed by atoms with E-state index in [1.54, 1.807) is 31.2 Å². The molecule has 0 spiro atoms. The number of benzene rings is 3. The average molecular weight is 520 g/mol. The number of anilines is 1. The third-order valence-electron chi connectivity index (χ3n) is 6.36. The van der Waals surface area contributed by atoms with Gasteiger partial charge in [0.05, 0.1) is 42.0 Å². The highest BCUT2D eigenvalue weighted by molar-refractivity contribution is 6.51. The Balaban J connectivity index is 1.95. The minimum absolute atomic E-state index is 0.0914. The van der Waals surface area contributed by atoms with Crippen molar-refractivity contribution in [2.75, 3.05) is 19.1 Å². The van der Waals surface area contributed by atoms with Gasteiger partial charge in [-0.3, -0.25) is 14.5 Å². The van der Waals surface area contributed by atoms with Crippen LogP contribution in [0.2, 0.25) is 5.02 Å². The molecule has 0 aromatic heterocycles. The lowest BCUT2D eigenvalue weighted by atomic mass is 9.93. The van der Waals surface area contributed by atoms with Gasteiger partial charge in [0.2, 0.25) is 0 Å². The molecule has 0 bridgehead atoms. The number of esters is 1. The van der Waals surface area contributed by atoms with Gasteiger partial charge in [0.25, 0.3) is 11.7 Å². The summed E-state index contributed by atoms with van der Waals surface area (Å²) >= 11 is 6.36. The molecule has 1 unspecified atom stereocenters. The first-order chi connectivity index (χ1) is 17.7. The number of carbonyl (C=O) groups excluding carboxylic acids is 3. The third kappa shape index (κ3) is 4.70. The Hall–Kier alpha value is -4.10. The molecule has 1 aliphatic heterocycles. The molecule has 1 fully saturated rings. The van der Waals surface area contributed by atoms with E-state index < -0.39 is 23.7 Å². The van der Waals surface area contributed by atoms with Crippen molar-refractivity contribution in [2.45, 2.75) is 26.3 Å². The molecule has 1 amide bonds. The predicted octanol–water partition coefficient (Wildman–Crippen LogP) is 5.63. The Morgan fingerprint density at radius 2 is 1.68 bits per heavy atom. The Kier molecular flexibility index (Phi) is 7.36. The van der Waals surface area contributed by atoms with E-state index in [9.17, 15) is 19.5 Å². The van der Waals surface area contributed by atoms with E-state index in [1.807, 2.05) is 31.2 Å². The lowest BCUT2D eigenvalue weighted by Crippen LogP contribution is -2.29. The van der Waals surface area contributed by atoms with Crippen molar-refractivity contribution in [3.8, 4) is 5.75 Å². The van der Waals surface area contributed by atoms with E-state index in [4.69, 9.17) is 21.1 Å². The van der Waals surface area contributed by atoms with Crippen molar-refractivity contribution >= 4 is 40.7 Å². The number of methoxy groups -OCH3 is 2. The van der Waals surface area contributed by atoms with Gasteiger partial charge in [-0.25, -0.2) is 4.79 Å². The summed E-state index contributed by atoms with van der Waals surface area (Å²) in [6.45, 7) is 3.82. The summed E-state index contributed by atoms with van der Waals surface area (Å²) in [7, 11) is 2.69. The van der Waals surface area contributed by atoms with Crippen LogP contribution in [0.25, 0.3) is 5.76 Å². The van der Waals surface area contributed by atoms with Crippen LogP contribution in [0.1, 0.15) is 45.6 Å². The zero-order valence-corrected chi connectivity index (χ0v) is 21.6. The minimum atomic E-state index is -0.932. The van der Waals surface area contributed by atoms with Gasteiger partial charge in [0.1, 0.15) is 11.5 Å². The van der Waals surface area contributed by atoms with Gasteiger partial charge in [-0.1, -0.05) is 42.8 Å². The van der Waals surface area contributed by atoms with Gasteiger partial charge in [-0.15, -0.1) is 0 Å². The Morgan fingerprint density at radius 1 is 1.03 bits per heavy atom. The molecule has 1 N–H and O–H groups in total. The topological polar surface area (TPSA) is 93.1 Å². The highest BCUT2D eigenvalue weighted by atomic mass is 35.5. The second kappa shape index (κ2) is 10.5. The number of rotatable bonds is 6. The Bertz CT molecular complexity index is 1410. The summed E-state index contributed by atoms with van der Waals surface area (Å²) in [6.07, 6.45) is 0.814. The standard InChI is InChI=1S/C29H26ClNO6/c1-5-17-6-8-18(9-7-17)24-23(25(32)21-14-16(2)15-22(30)27(21)36-3)26(33)28(34)31(24)20-12-10-19(11-13-20)29(35)37-4/h6-15,24,32H,5H2,1-4H3/b25-23+. The van der Waals surface area contributed by atoms with E-state index in [0.717, 1.165) is 17.5 Å². The fourth-order valence-electron chi connectivity index (χ4n) is 4.48. The van der Waals surface area contributed by atoms with Gasteiger partial charge in [-0.2, -0.15) is 0 Å². The molecule has 1 saturated heterocycles. The first-order valence-corrected chi connectivity index (χ1v) is 12.0. The molecule has 0 aliphatic carbocycles. The van der Waals surface area contributed by atoms with Crippen molar-refractivity contribution in [2.24, 2.45) is 0 Å². The molecule has 0 saturated carbocycles. The number of ether oxygens (including phenoxy) is 2. The molecule has 0 radical (unpaired) electrons. The number of carbonyl (C=O) groups is 3. The zero-order chi connectivity index (χ0) is 26.9. The minimum Gasteiger partial charge on any atom is -0.507 e. The normalized spacial score (nSPS) is 16.7. The van der Waals surface area contributed by atoms with Gasteiger partial charge in [-0.05, 0) is 66.4 Å². The van der Waals surface area contributed by atoms with Crippen LogP contribution < -0.4 is 9.64 Å². The summed E-state index contributed by atoms with van der Waals surface area (Å²) in [5, 5.41) is 11.8. The maximum atomic E-state index is 13.4. The molecule has 1 aliphatic rings. The number of aryl methyl sites for hydroxylation is 2. The smallest absolute Gasteiger partial charge is 0.337 e. The zero-order valence-electron chi connectivity index (χ0n) is 20.9. The van der Waals surface area contributed by atoms with Crippen LogP contribution in [0.15, 0.2) is 66.2 Å². The quantitative estimate of drug-likeness (QED) is 0.196. The predicted molar refractivity (Wildman–Crippen MR) is 141 cm³/mol. The number of amides is 1. The van der Waals surface area contributed by atoms with Crippen LogP contribution in [0.4, 0.5) is 5.69 Å². The van der Waals surface area contributed by atoms with Crippen molar-refractivity contribution in [3.63, 3.8) is 0 Å². The number of halogens is 1. The van der Waals surface area contributed by atoms with Gasteiger partial charge in [0, 0.05) is 5.69 Å². The molecule has 4 rings (SSSR count). The van der Waals surface area contributed by atoms with Crippen molar-refractivity contribution in [3.05, 3.63) is 99.1 Å². The summed E-state index contributed by atoms with van der Waals surface area (Å²) in [4.78, 5) is 40.1. The molecule has 1 heterocycles. The van der Waals surface area contributed by atoms with E-state index in [1.165, 1.54) is 31.3 Å². The van der Waals surface area contributed by atoms with Crippen molar-refractivity contribution in [1.29, 1.82) is 0 Å². The SMILES string of the molecule is CCc1ccc(C2/C(=C(\O)c3cc(C)cc(Cl)c3OC)C(=O)C(=O)N2c2ccc(C(=O)OC)cc2)cc1. The van der Waals surface area contributed by atoms with Gasteiger partial charge in [0.15, 0.2) is 0 Å². The van der Waals surface area contributed by atoms with E-state index in [-0.39, 0.29) is 27.7 Å². The first kappa shape index (κ1) is 26.0. The van der Waals surface area contributed by atoms with Crippen LogP contribution in [0.3, 0.4) is 0 Å². The van der Waals surface area contributed by atoms with E-state index in [2.05, 4.69) is 0 Å². The van der Waals surface area contributed by atoms with Gasteiger partial charge < -0.3 is 14.6 Å². The highest BCUT2D eigenvalue weighted by Crippen LogP contribution is 2.44. The maximum Gasteiger partial charge on any atom is 0.337 e.